The van der Waals surface area contributed by atoms with Crippen LogP contribution in [-0.4, -0.2) is 10.7 Å². The molecule has 1 N–H and O–H groups in total. The molecule has 0 radical (unpaired) electrons. The van der Waals surface area contributed by atoms with Crippen molar-refractivity contribution in [1.82, 2.24) is 0 Å². The quantitative estimate of drug-likeness (QED) is 0.629. The van der Waals surface area contributed by atoms with E-state index >= 15 is 0 Å². The van der Waals surface area contributed by atoms with Gasteiger partial charge in [-0.1, -0.05) is 25.5 Å². The van der Waals surface area contributed by atoms with Gasteiger partial charge >= 0.3 is 0 Å². The van der Waals surface area contributed by atoms with E-state index in [9.17, 15) is 5.11 Å². The van der Waals surface area contributed by atoms with Crippen LogP contribution in [0.1, 0.15) is 40.5 Å². The Morgan fingerprint density at radius 2 is 1.92 bits per heavy atom. The number of hydrogen-bond acceptors (Lipinski definition) is 1. The Kier molecular flexibility index (Phi) is 2.62. The zero-order chi connectivity index (χ0) is 9.35. The van der Waals surface area contributed by atoms with Crippen molar-refractivity contribution in [3.8, 4) is 0 Å². The fraction of sp³-hybridized carbons (Fsp3) is 0.818. The highest BCUT2D eigenvalue weighted by molar-refractivity contribution is 5.13. The van der Waals surface area contributed by atoms with E-state index in [1.165, 1.54) is 5.57 Å². The van der Waals surface area contributed by atoms with E-state index < -0.39 is 5.60 Å². The van der Waals surface area contributed by atoms with Gasteiger partial charge in [0, 0.05) is 0 Å². The highest BCUT2D eigenvalue weighted by atomic mass is 16.3. The van der Waals surface area contributed by atoms with Crippen LogP contribution >= 0.6 is 0 Å². The average molecular weight is 168 g/mol. The maximum atomic E-state index is 9.92. The van der Waals surface area contributed by atoms with Gasteiger partial charge in [0.25, 0.3) is 0 Å². The second-order valence-electron chi connectivity index (χ2n) is 4.74. The molecule has 1 nitrogen and oxygen atoms in total. The molecule has 1 rings (SSSR count). The Balaban J connectivity index is 2.45. The van der Waals surface area contributed by atoms with Crippen molar-refractivity contribution < 1.29 is 5.11 Å². The van der Waals surface area contributed by atoms with Gasteiger partial charge in [-0.05, 0) is 38.5 Å². The first-order valence-corrected chi connectivity index (χ1v) is 4.81. The SMILES string of the molecule is CC(C)=CC1(O)CC(C(C)C)C1. The summed E-state index contributed by atoms with van der Waals surface area (Å²) in [5.74, 6) is 1.45. The molecule has 0 aromatic carbocycles. The van der Waals surface area contributed by atoms with Gasteiger partial charge < -0.3 is 5.11 Å². The van der Waals surface area contributed by atoms with Crippen molar-refractivity contribution in [3.05, 3.63) is 11.6 Å². The molecule has 0 atom stereocenters. The van der Waals surface area contributed by atoms with Crippen molar-refractivity contribution in [1.29, 1.82) is 0 Å². The van der Waals surface area contributed by atoms with Gasteiger partial charge in [0.2, 0.25) is 0 Å². The lowest BCUT2D eigenvalue weighted by Crippen LogP contribution is -2.44. The van der Waals surface area contributed by atoms with E-state index in [2.05, 4.69) is 13.8 Å². The second-order valence-corrected chi connectivity index (χ2v) is 4.74. The summed E-state index contributed by atoms with van der Waals surface area (Å²) in [5.41, 5.74) is 0.757. The second kappa shape index (κ2) is 3.21. The Labute approximate surface area is 75.5 Å². The Hall–Kier alpha value is -0.300. The van der Waals surface area contributed by atoms with Gasteiger partial charge in [-0.3, -0.25) is 0 Å². The van der Waals surface area contributed by atoms with Crippen LogP contribution in [0.3, 0.4) is 0 Å². The number of allylic oxidation sites excluding steroid dienone is 1. The lowest BCUT2D eigenvalue weighted by atomic mass is 9.66. The summed E-state index contributed by atoms with van der Waals surface area (Å²) < 4.78 is 0. The first-order valence-electron chi connectivity index (χ1n) is 4.81. The highest BCUT2D eigenvalue weighted by Crippen LogP contribution is 2.43. The maximum absolute atomic E-state index is 9.92. The third-order valence-corrected chi connectivity index (χ3v) is 2.73. The van der Waals surface area contributed by atoms with Crippen molar-refractivity contribution in [2.24, 2.45) is 11.8 Å². The maximum Gasteiger partial charge on any atom is 0.0835 e. The van der Waals surface area contributed by atoms with Gasteiger partial charge in [0.15, 0.2) is 0 Å². The first kappa shape index (κ1) is 9.79. The van der Waals surface area contributed by atoms with Crippen LogP contribution < -0.4 is 0 Å². The molecule has 0 unspecified atom stereocenters. The Morgan fingerprint density at radius 3 is 2.25 bits per heavy atom. The molecule has 1 heteroatoms. The fourth-order valence-corrected chi connectivity index (χ4v) is 1.97. The van der Waals surface area contributed by atoms with E-state index in [0.29, 0.717) is 0 Å². The molecular weight excluding hydrogens is 148 g/mol. The molecule has 0 bridgehead atoms. The summed E-state index contributed by atoms with van der Waals surface area (Å²) in [4.78, 5) is 0. The van der Waals surface area contributed by atoms with Gasteiger partial charge in [-0.15, -0.1) is 0 Å². The van der Waals surface area contributed by atoms with E-state index in [-0.39, 0.29) is 0 Å². The highest BCUT2D eigenvalue weighted by Gasteiger charge is 2.41. The third-order valence-electron chi connectivity index (χ3n) is 2.73. The number of hydrogen-bond donors (Lipinski definition) is 1. The molecule has 0 amide bonds. The number of aliphatic hydroxyl groups is 1. The van der Waals surface area contributed by atoms with Gasteiger partial charge in [0.1, 0.15) is 0 Å². The zero-order valence-corrected chi connectivity index (χ0v) is 8.59. The number of rotatable bonds is 2. The minimum atomic E-state index is -0.465. The smallest absolute Gasteiger partial charge is 0.0835 e. The molecule has 1 aliphatic carbocycles. The Bertz CT molecular complexity index is 181. The molecule has 0 spiro atoms. The van der Waals surface area contributed by atoms with Crippen LogP contribution in [0.5, 0.6) is 0 Å². The van der Waals surface area contributed by atoms with Crippen molar-refractivity contribution in [3.63, 3.8) is 0 Å². The van der Waals surface area contributed by atoms with Crippen LogP contribution in [0.4, 0.5) is 0 Å². The van der Waals surface area contributed by atoms with E-state index in [0.717, 1.165) is 24.7 Å². The summed E-state index contributed by atoms with van der Waals surface area (Å²) in [7, 11) is 0. The summed E-state index contributed by atoms with van der Waals surface area (Å²) in [6, 6.07) is 0. The molecule has 0 aliphatic heterocycles. The van der Waals surface area contributed by atoms with Gasteiger partial charge in [-0.2, -0.15) is 0 Å². The van der Waals surface area contributed by atoms with Crippen LogP contribution in [0.25, 0.3) is 0 Å². The predicted octanol–water partition coefficient (Wildman–Crippen LogP) is 2.75. The van der Waals surface area contributed by atoms with Gasteiger partial charge in [0.05, 0.1) is 5.60 Å². The normalized spacial score (nSPS) is 34.7. The van der Waals surface area contributed by atoms with E-state index in [1.807, 2.05) is 19.9 Å². The van der Waals surface area contributed by atoms with E-state index in [1.54, 1.807) is 0 Å². The monoisotopic (exact) mass is 168 g/mol. The Morgan fingerprint density at radius 1 is 1.42 bits per heavy atom. The van der Waals surface area contributed by atoms with Crippen LogP contribution in [0.15, 0.2) is 11.6 Å². The topological polar surface area (TPSA) is 20.2 Å². The fourth-order valence-electron chi connectivity index (χ4n) is 1.97. The molecule has 70 valence electrons. The van der Waals surface area contributed by atoms with E-state index in [4.69, 9.17) is 0 Å². The molecule has 1 aliphatic rings. The van der Waals surface area contributed by atoms with Crippen molar-refractivity contribution in [2.75, 3.05) is 0 Å². The van der Waals surface area contributed by atoms with Crippen LogP contribution in [0, 0.1) is 11.8 Å². The molecule has 0 heterocycles. The molecule has 1 fully saturated rings. The lowest BCUT2D eigenvalue weighted by molar-refractivity contribution is -0.0473. The summed E-state index contributed by atoms with van der Waals surface area (Å²) in [5, 5.41) is 9.92. The molecule has 0 aromatic rings. The average Bonchev–Trinajstić information content (AvgIpc) is 1.80. The standard InChI is InChI=1S/C11H20O/c1-8(2)5-11(12)6-10(7-11)9(3)4/h5,9-10,12H,6-7H2,1-4H3. The minimum absolute atomic E-state index is 0.465. The lowest BCUT2D eigenvalue weighted by Gasteiger charge is -2.44. The molecular formula is C11H20O. The molecule has 0 aromatic heterocycles. The predicted molar refractivity (Wildman–Crippen MR) is 51.9 cm³/mol. The van der Waals surface area contributed by atoms with Crippen LogP contribution in [-0.2, 0) is 0 Å². The minimum Gasteiger partial charge on any atom is -0.386 e. The van der Waals surface area contributed by atoms with Crippen molar-refractivity contribution in [2.45, 2.75) is 46.1 Å². The summed E-state index contributed by atoms with van der Waals surface area (Å²) in [6.07, 6.45) is 3.91. The summed E-state index contributed by atoms with van der Waals surface area (Å²) >= 11 is 0. The molecule has 12 heavy (non-hydrogen) atoms. The zero-order valence-electron chi connectivity index (χ0n) is 8.59. The van der Waals surface area contributed by atoms with Crippen LogP contribution in [0.2, 0.25) is 0 Å². The molecule has 1 saturated carbocycles. The largest absolute Gasteiger partial charge is 0.386 e. The summed E-state index contributed by atoms with van der Waals surface area (Å²) in [6.45, 7) is 8.54. The molecule has 0 saturated heterocycles. The van der Waals surface area contributed by atoms with Gasteiger partial charge in [-0.25, -0.2) is 0 Å². The van der Waals surface area contributed by atoms with Crippen molar-refractivity contribution >= 4 is 0 Å². The third kappa shape index (κ3) is 2.10. The first-order chi connectivity index (χ1) is 5.43.